The van der Waals surface area contributed by atoms with Crippen LogP contribution in [0, 0.1) is 6.92 Å². The largest absolute Gasteiger partial charge is 0.481 e. The summed E-state index contributed by atoms with van der Waals surface area (Å²) in [5.41, 5.74) is 0.139. The first-order valence-corrected chi connectivity index (χ1v) is 6.29. The zero-order chi connectivity index (χ0) is 15.2. The van der Waals surface area contributed by atoms with Crippen molar-refractivity contribution in [3.8, 4) is 0 Å². The zero-order valence-electron chi connectivity index (χ0n) is 11.4. The SMILES string of the molecule is Cc1ccc(/C=C(/CC(=O)O)C(=O)/C=C\c2ccco2)o1. The van der Waals surface area contributed by atoms with Crippen molar-refractivity contribution < 1.29 is 23.5 Å². The Kier molecular flexibility index (Phi) is 4.56. The molecule has 5 nitrogen and oxygen atoms in total. The molecule has 2 rings (SSSR count). The summed E-state index contributed by atoms with van der Waals surface area (Å²) in [6.07, 6.45) is 5.33. The van der Waals surface area contributed by atoms with Gasteiger partial charge in [0.1, 0.15) is 17.3 Å². The molecule has 0 fully saturated rings. The molecule has 0 spiro atoms. The predicted molar refractivity (Wildman–Crippen MR) is 76.4 cm³/mol. The van der Waals surface area contributed by atoms with Gasteiger partial charge in [-0.15, -0.1) is 0 Å². The quantitative estimate of drug-likeness (QED) is 0.824. The van der Waals surface area contributed by atoms with Gasteiger partial charge in [0.15, 0.2) is 5.78 Å². The third-order valence-electron chi connectivity index (χ3n) is 2.68. The van der Waals surface area contributed by atoms with E-state index in [0.717, 1.165) is 0 Å². The lowest BCUT2D eigenvalue weighted by Gasteiger charge is -1.99. The summed E-state index contributed by atoms with van der Waals surface area (Å²) >= 11 is 0. The number of aliphatic carboxylic acids is 1. The lowest BCUT2D eigenvalue weighted by Crippen LogP contribution is -2.05. The van der Waals surface area contributed by atoms with Crippen molar-refractivity contribution in [2.24, 2.45) is 0 Å². The Bertz CT molecular complexity index is 686. The van der Waals surface area contributed by atoms with E-state index in [0.29, 0.717) is 17.3 Å². The van der Waals surface area contributed by atoms with E-state index in [-0.39, 0.29) is 12.0 Å². The van der Waals surface area contributed by atoms with Gasteiger partial charge in [0, 0.05) is 5.57 Å². The van der Waals surface area contributed by atoms with Crippen LogP contribution in [-0.2, 0) is 9.59 Å². The van der Waals surface area contributed by atoms with Crippen LogP contribution < -0.4 is 0 Å². The van der Waals surface area contributed by atoms with Crippen molar-refractivity contribution in [3.63, 3.8) is 0 Å². The number of rotatable bonds is 6. The Labute approximate surface area is 121 Å². The summed E-state index contributed by atoms with van der Waals surface area (Å²) in [4.78, 5) is 23.0. The molecule has 0 aliphatic rings. The summed E-state index contributed by atoms with van der Waals surface area (Å²) in [5, 5.41) is 8.90. The second-order valence-electron chi connectivity index (χ2n) is 4.40. The van der Waals surface area contributed by atoms with Crippen molar-refractivity contribution in [3.05, 3.63) is 59.5 Å². The Morgan fingerprint density at radius 1 is 1.24 bits per heavy atom. The molecule has 2 heterocycles. The Hall–Kier alpha value is -2.82. The molecule has 1 N–H and O–H groups in total. The number of carbonyl (C=O) groups excluding carboxylic acids is 1. The predicted octanol–water partition coefficient (Wildman–Crippen LogP) is 3.32. The highest BCUT2D eigenvalue weighted by molar-refractivity contribution is 6.10. The third-order valence-corrected chi connectivity index (χ3v) is 2.68. The smallest absolute Gasteiger partial charge is 0.307 e. The molecule has 0 radical (unpaired) electrons. The monoisotopic (exact) mass is 286 g/mol. The van der Waals surface area contributed by atoms with Gasteiger partial charge in [-0.05, 0) is 49.4 Å². The summed E-state index contributed by atoms with van der Waals surface area (Å²) in [6, 6.07) is 6.82. The summed E-state index contributed by atoms with van der Waals surface area (Å²) < 4.78 is 10.4. The first-order chi connectivity index (χ1) is 10.0. The van der Waals surface area contributed by atoms with Crippen molar-refractivity contribution in [1.29, 1.82) is 0 Å². The van der Waals surface area contributed by atoms with Gasteiger partial charge >= 0.3 is 5.97 Å². The number of furan rings is 2. The molecular weight excluding hydrogens is 272 g/mol. The molecule has 21 heavy (non-hydrogen) atoms. The summed E-state index contributed by atoms with van der Waals surface area (Å²) in [5.74, 6) is 0.178. The van der Waals surface area contributed by atoms with Gasteiger partial charge in [-0.3, -0.25) is 9.59 Å². The maximum Gasteiger partial charge on any atom is 0.307 e. The minimum absolute atomic E-state index is 0.139. The van der Waals surface area contributed by atoms with Gasteiger partial charge in [-0.1, -0.05) is 0 Å². The highest BCUT2D eigenvalue weighted by Gasteiger charge is 2.12. The molecule has 2 aromatic rings. The van der Waals surface area contributed by atoms with Crippen LogP contribution in [0.5, 0.6) is 0 Å². The van der Waals surface area contributed by atoms with Gasteiger partial charge in [0.25, 0.3) is 0 Å². The van der Waals surface area contributed by atoms with E-state index in [1.807, 2.05) is 0 Å². The van der Waals surface area contributed by atoms with Crippen LogP contribution >= 0.6 is 0 Å². The lowest BCUT2D eigenvalue weighted by molar-refractivity contribution is -0.136. The van der Waals surface area contributed by atoms with E-state index in [2.05, 4.69) is 0 Å². The van der Waals surface area contributed by atoms with Gasteiger partial charge in [0.05, 0.1) is 12.7 Å². The van der Waals surface area contributed by atoms with Crippen molar-refractivity contribution >= 4 is 23.9 Å². The van der Waals surface area contributed by atoms with E-state index < -0.39 is 11.8 Å². The van der Waals surface area contributed by atoms with Crippen LogP contribution in [0.1, 0.15) is 23.7 Å². The number of aryl methyl sites for hydroxylation is 1. The standard InChI is InChI=1S/C16H14O5/c1-11-4-5-14(21-11)9-12(10-16(18)19)15(17)7-6-13-3-2-8-20-13/h2-9H,10H2,1H3,(H,18,19)/b7-6-,12-9-. The molecule has 2 aromatic heterocycles. The molecule has 0 aromatic carbocycles. The van der Waals surface area contributed by atoms with E-state index in [9.17, 15) is 9.59 Å². The number of hydrogen-bond acceptors (Lipinski definition) is 4. The minimum atomic E-state index is -1.08. The van der Waals surface area contributed by atoms with E-state index in [1.54, 1.807) is 31.2 Å². The maximum atomic E-state index is 12.1. The van der Waals surface area contributed by atoms with Crippen LogP contribution in [0.25, 0.3) is 12.2 Å². The molecule has 0 saturated heterocycles. The average Bonchev–Trinajstić information content (AvgIpc) is 3.06. The summed E-state index contributed by atoms with van der Waals surface area (Å²) in [6.45, 7) is 1.77. The average molecular weight is 286 g/mol. The van der Waals surface area contributed by atoms with Gasteiger partial charge in [-0.25, -0.2) is 0 Å². The second kappa shape index (κ2) is 6.56. The third kappa shape index (κ3) is 4.35. The molecule has 0 aliphatic carbocycles. The molecule has 0 unspecified atom stereocenters. The Morgan fingerprint density at radius 3 is 2.62 bits per heavy atom. The molecule has 0 saturated carbocycles. The number of carboxylic acids is 1. The maximum absolute atomic E-state index is 12.1. The highest BCUT2D eigenvalue weighted by atomic mass is 16.4. The highest BCUT2D eigenvalue weighted by Crippen LogP contribution is 2.15. The Balaban J connectivity index is 2.21. The fourth-order valence-electron chi connectivity index (χ4n) is 1.73. The lowest BCUT2D eigenvalue weighted by atomic mass is 10.1. The van der Waals surface area contributed by atoms with E-state index >= 15 is 0 Å². The van der Waals surface area contributed by atoms with Crippen molar-refractivity contribution in [2.75, 3.05) is 0 Å². The number of ketones is 1. The van der Waals surface area contributed by atoms with E-state index in [1.165, 1.54) is 24.5 Å². The van der Waals surface area contributed by atoms with Gasteiger partial charge in [-0.2, -0.15) is 0 Å². The van der Waals surface area contributed by atoms with E-state index in [4.69, 9.17) is 13.9 Å². The normalized spacial score (nSPS) is 12.0. The summed E-state index contributed by atoms with van der Waals surface area (Å²) in [7, 11) is 0. The number of hydrogen-bond donors (Lipinski definition) is 1. The van der Waals surface area contributed by atoms with Crippen LogP contribution in [-0.4, -0.2) is 16.9 Å². The molecule has 0 amide bonds. The number of carboxylic acid groups (broad SMARTS) is 1. The van der Waals surface area contributed by atoms with Crippen LogP contribution in [0.3, 0.4) is 0 Å². The van der Waals surface area contributed by atoms with Gasteiger partial charge < -0.3 is 13.9 Å². The van der Waals surface area contributed by atoms with Crippen LogP contribution in [0.4, 0.5) is 0 Å². The van der Waals surface area contributed by atoms with Crippen molar-refractivity contribution in [2.45, 2.75) is 13.3 Å². The van der Waals surface area contributed by atoms with Crippen LogP contribution in [0.15, 0.2) is 51.0 Å². The zero-order valence-corrected chi connectivity index (χ0v) is 11.4. The van der Waals surface area contributed by atoms with Gasteiger partial charge in [0.2, 0.25) is 0 Å². The topological polar surface area (TPSA) is 80.6 Å². The minimum Gasteiger partial charge on any atom is -0.481 e. The van der Waals surface area contributed by atoms with Crippen LogP contribution in [0.2, 0.25) is 0 Å². The molecule has 0 atom stereocenters. The molecule has 5 heteroatoms. The molecule has 0 aliphatic heterocycles. The van der Waals surface area contributed by atoms with Crippen molar-refractivity contribution in [1.82, 2.24) is 0 Å². The molecular formula is C16H14O5. The second-order valence-corrected chi connectivity index (χ2v) is 4.40. The fraction of sp³-hybridized carbons (Fsp3) is 0.125. The number of carbonyl (C=O) groups is 2. The molecule has 108 valence electrons. The first kappa shape index (κ1) is 14.6. The first-order valence-electron chi connectivity index (χ1n) is 6.29. The molecule has 0 bridgehead atoms. The Morgan fingerprint density at radius 2 is 2.05 bits per heavy atom. The number of allylic oxidation sites excluding steroid dienone is 1. The fourth-order valence-corrected chi connectivity index (χ4v) is 1.73.